The molecule has 0 spiro atoms. The van der Waals surface area contributed by atoms with Crippen LogP contribution in [0.3, 0.4) is 0 Å². The Morgan fingerprint density at radius 3 is 1.01 bits per heavy atom. The van der Waals surface area contributed by atoms with Gasteiger partial charge in [-0.3, -0.25) is 0 Å². The van der Waals surface area contributed by atoms with Gasteiger partial charge in [0.15, 0.2) is 0 Å². The van der Waals surface area contributed by atoms with Crippen LogP contribution in [-0.4, -0.2) is 40.6 Å². The van der Waals surface area contributed by atoms with Crippen molar-refractivity contribution < 1.29 is 23.7 Å². The van der Waals surface area contributed by atoms with Gasteiger partial charge >= 0.3 is 0 Å². The molecule has 0 aliphatic heterocycles. The maximum atomic E-state index is 7.17. The average Bonchev–Trinajstić information content (AvgIpc) is 3.58. The highest BCUT2D eigenvalue weighted by Crippen LogP contribution is 2.61. The average molecular weight is 1110 g/mol. The summed E-state index contributed by atoms with van der Waals surface area (Å²) in [5.74, 6) is 4.54. The molecule has 8 aromatic carbocycles. The minimum Gasteiger partial charge on any atom is -0.496 e. The topological polar surface area (TPSA) is 46.2 Å². The molecule has 0 aliphatic carbocycles. The molecular formula is C73H88O5P2+2. The summed E-state index contributed by atoms with van der Waals surface area (Å²) >= 11 is 0. The standard InChI is InChI=1S/C73H88O5P2/c1-8-12-32-57(10-3)53-77-72-52-61(55-79(64-34-20-14-21-35-64,65-36-22-15-23-37-65)66-38-24-16-25-39-66)71(76-7)49-59(72)46-47-63(74-5)48-60-50-73(78-54-58(11-4)33-13-9-2)62(51-70(60)75-6)56-80(67-40-26-17-27-41-67,68-42-28-18-29-43-68)69-44-30-19-31-45-69/h14-31,34-45,49-52,57-58,63H,8-13,32-33,46-48,53-56H2,1-7H3/q+2. The van der Waals surface area contributed by atoms with Crippen LogP contribution >= 0.6 is 14.5 Å². The number of methoxy groups -OCH3 is 3. The number of unbranched alkanes of at least 4 members (excludes halogenated alkanes) is 2. The molecule has 0 bridgehead atoms. The monoisotopic (exact) mass is 1110 g/mol. The molecule has 0 saturated carbocycles. The molecule has 3 unspecified atom stereocenters. The second-order valence-electron chi connectivity index (χ2n) is 21.5. The van der Waals surface area contributed by atoms with Crippen molar-refractivity contribution in [3.8, 4) is 23.0 Å². The Labute approximate surface area is 482 Å². The number of rotatable bonds is 32. The summed E-state index contributed by atoms with van der Waals surface area (Å²) in [7, 11) is 0.951. The first kappa shape index (κ1) is 59.9. The van der Waals surface area contributed by atoms with Gasteiger partial charge in [0.25, 0.3) is 0 Å². The van der Waals surface area contributed by atoms with Crippen molar-refractivity contribution in [1.82, 2.24) is 0 Å². The van der Waals surface area contributed by atoms with Gasteiger partial charge in [-0.25, -0.2) is 0 Å². The summed E-state index contributed by atoms with van der Waals surface area (Å²) in [4.78, 5) is 0. The van der Waals surface area contributed by atoms with E-state index >= 15 is 0 Å². The van der Waals surface area contributed by atoms with Crippen LogP contribution in [0, 0.1) is 11.8 Å². The van der Waals surface area contributed by atoms with Gasteiger partial charge in [0.2, 0.25) is 0 Å². The number of hydrogen-bond donors (Lipinski definition) is 0. The van der Waals surface area contributed by atoms with Crippen molar-refractivity contribution in [3.05, 3.63) is 229 Å². The second-order valence-corrected chi connectivity index (χ2v) is 28.5. The van der Waals surface area contributed by atoms with Crippen LogP contribution in [0.5, 0.6) is 23.0 Å². The number of ether oxygens (including phenoxy) is 5. The lowest BCUT2D eigenvalue weighted by Crippen LogP contribution is -2.32. The number of hydrogen-bond acceptors (Lipinski definition) is 5. The molecule has 8 rings (SSSR count). The molecule has 0 amide bonds. The summed E-state index contributed by atoms with van der Waals surface area (Å²) < 4.78 is 33.7. The Bertz CT molecular complexity index is 2850. The molecule has 80 heavy (non-hydrogen) atoms. The van der Waals surface area contributed by atoms with Crippen LogP contribution in [0.2, 0.25) is 0 Å². The van der Waals surface area contributed by atoms with E-state index in [-0.39, 0.29) is 6.10 Å². The molecule has 0 heterocycles. The van der Waals surface area contributed by atoms with Crippen LogP contribution in [0.1, 0.15) is 108 Å². The summed E-state index contributed by atoms with van der Waals surface area (Å²) in [6, 6.07) is 76.0. The minimum absolute atomic E-state index is 0.126. The first-order valence-corrected chi connectivity index (χ1v) is 33.6. The van der Waals surface area contributed by atoms with E-state index in [0.29, 0.717) is 31.5 Å². The van der Waals surface area contributed by atoms with E-state index in [9.17, 15) is 0 Å². The zero-order valence-electron chi connectivity index (χ0n) is 48.9. The molecule has 0 radical (unpaired) electrons. The molecule has 0 N–H and O–H groups in total. The second kappa shape index (κ2) is 30.6. The highest BCUT2D eigenvalue weighted by atomic mass is 31.2. The molecule has 5 nitrogen and oxygen atoms in total. The number of aryl methyl sites for hydroxylation is 1. The maximum absolute atomic E-state index is 7.17. The van der Waals surface area contributed by atoms with E-state index < -0.39 is 14.5 Å². The van der Waals surface area contributed by atoms with Gasteiger partial charge in [-0.1, -0.05) is 175 Å². The van der Waals surface area contributed by atoms with Gasteiger partial charge in [0, 0.05) is 30.2 Å². The molecule has 7 heteroatoms. The zero-order valence-corrected chi connectivity index (χ0v) is 50.7. The Morgan fingerprint density at radius 1 is 0.362 bits per heavy atom. The largest absolute Gasteiger partial charge is 0.496 e. The first-order valence-electron chi connectivity index (χ1n) is 29.6. The van der Waals surface area contributed by atoms with Crippen LogP contribution in [0.25, 0.3) is 0 Å². The molecule has 0 aliphatic rings. The molecular weight excluding hydrogens is 1020 g/mol. The van der Waals surface area contributed by atoms with Crippen molar-refractivity contribution >= 4 is 46.4 Å². The lowest BCUT2D eigenvalue weighted by atomic mass is 9.97. The molecule has 0 aromatic heterocycles. The highest BCUT2D eigenvalue weighted by molar-refractivity contribution is 7.95. The van der Waals surface area contributed by atoms with Crippen molar-refractivity contribution in [1.29, 1.82) is 0 Å². The lowest BCUT2D eigenvalue weighted by Gasteiger charge is -2.29. The Morgan fingerprint density at radius 2 is 0.675 bits per heavy atom. The molecule has 0 fully saturated rings. The third-order valence-corrected chi connectivity index (χ3v) is 25.2. The summed E-state index contributed by atoms with van der Waals surface area (Å²) in [5, 5.41) is 8.02. The van der Waals surface area contributed by atoms with Crippen molar-refractivity contribution in [2.75, 3.05) is 34.5 Å². The summed E-state index contributed by atoms with van der Waals surface area (Å²) in [6.45, 7) is 10.5. The van der Waals surface area contributed by atoms with Crippen molar-refractivity contribution in [2.45, 2.75) is 117 Å². The summed E-state index contributed by atoms with van der Waals surface area (Å²) in [6.07, 6.45) is 12.8. The van der Waals surface area contributed by atoms with E-state index in [1.54, 1.807) is 0 Å². The predicted octanol–water partition coefficient (Wildman–Crippen LogP) is 16.1. The maximum Gasteiger partial charge on any atom is 0.126 e. The summed E-state index contributed by atoms with van der Waals surface area (Å²) in [5.41, 5.74) is 4.52. The van der Waals surface area contributed by atoms with E-state index in [2.05, 4.69) is 234 Å². The Kier molecular flexibility index (Phi) is 22.9. The van der Waals surface area contributed by atoms with Crippen LogP contribution in [-0.2, 0) is 29.9 Å². The van der Waals surface area contributed by atoms with E-state index in [1.165, 1.54) is 57.5 Å². The van der Waals surface area contributed by atoms with Gasteiger partial charge in [-0.2, -0.15) is 0 Å². The van der Waals surface area contributed by atoms with Crippen molar-refractivity contribution in [2.24, 2.45) is 11.8 Å². The smallest absolute Gasteiger partial charge is 0.126 e. The van der Waals surface area contributed by atoms with E-state index in [1.807, 2.05) is 21.3 Å². The molecule has 418 valence electrons. The van der Waals surface area contributed by atoms with Crippen LogP contribution < -0.4 is 50.8 Å². The van der Waals surface area contributed by atoms with Gasteiger partial charge in [0.05, 0.1) is 33.5 Å². The van der Waals surface area contributed by atoms with Gasteiger partial charge in [-0.05, 0) is 140 Å². The third kappa shape index (κ3) is 14.6. The highest BCUT2D eigenvalue weighted by Gasteiger charge is 2.48. The minimum atomic E-state index is -2.27. The SMILES string of the molecule is CCCCC(CC)COc1cc(C[P+](c2ccccc2)(c2ccccc2)c2ccccc2)c(OC)cc1CCC(Cc1cc(OCC(CC)CCCC)c(C[P+](c2ccccc2)(c2ccccc2)c2ccccc2)cc1OC)OC. The van der Waals surface area contributed by atoms with E-state index in [4.69, 9.17) is 23.7 Å². The zero-order chi connectivity index (χ0) is 56.0. The fourth-order valence-corrected chi connectivity index (χ4v) is 20.2. The Hall–Kier alpha value is -6.22. The third-order valence-electron chi connectivity index (χ3n) is 16.5. The molecule has 0 saturated heterocycles. The normalized spacial score (nSPS) is 12.8. The van der Waals surface area contributed by atoms with Crippen LogP contribution in [0.15, 0.2) is 206 Å². The molecule has 8 aromatic rings. The van der Waals surface area contributed by atoms with Gasteiger partial charge < -0.3 is 23.7 Å². The van der Waals surface area contributed by atoms with E-state index in [0.717, 1.165) is 96.1 Å². The molecule has 3 atom stereocenters. The first-order chi connectivity index (χ1) is 39.3. The fourth-order valence-electron chi connectivity index (χ4n) is 11.7. The lowest BCUT2D eigenvalue weighted by molar-refractivity contribution is 0.0949. The Balaban J connectivity index is 1.18. The van der Waals surface area contributed by atoms with Gasteiger partial charge in [0.1, 0.15) is 81.7 Å². The fraction of sp³-hybridized carbons (Fsp3) is 0.342. The van der Waals surface area contributed by atoms with Crippen LogP contribution in [0.4, 0.5) is 0 Å². The quantitative estimate of drug-likeness (QED) is 0.0393. The van der Waals surface area contributed by atoms with Crippen molar-refractivity contribution in [3.63, 3.8) is 0 Å². The van der Waals surface area contributed by atoms with Gasteiger partial charge in [-0.15, -0.1) is 0 Å². The number of benzene rings is 8. The predicted molar refractivity (Wildman–Crippen MR) is 344 cm³/mol.